The van der Waals surface area contributed by atoms with Crippen molar-refractivity contribution in [2.24, 2.45) is 0 Å². The molecule has 0 aliphatic carbocycles. The van der Waals surface area contributed by atoms with Gasteiger partial charge in [0.05, 0.1) is 23.3 Å². The molecule has 0 bridgehead atoms. The molecule has 1 heterocycles. The van der Waals surface area contributed by atoms with Gasteiger partial charge in [-0.2, -0.15) is 0 Å². The lowest BCUT2D eigenvalue weighted by molar-refractivity contribution is -0.170. The van der Waals surface area contributed by atoms with Crippen LogP contribution in [0.4, 0.5) is 0 Å². The molecule has 1 saturated heterocycles. The Labute approximate surface area is 136 Å². The fourth-order valence-electron chi connectivity index (χ4n) is 2.55. The Kier molecular flexibility index (Phi) is 5.67. The average molecular weight is 328 g/mol. The summed E-state index contributed by atoms with van der Waals surface area (Å²) >= 11 is 6.02. The topological polar surface area (TPSA) is 48.0 Å². The fourth-order valence-corrected chi connectivity index (χ4v) is 2.74. The zero-order valence-corrected chi connectivity index (χ0v) is 13.9. The molecular formula is C16H22ClNO4. The summed E-state index contributed by atoms with van der Waals surface area (Å²) in [5.74, 6) is 0.427. The van der Waals surface area contributed by atoms with Gasteiger partial charge >= 0.3 is 0 Å². The first-order valence-corrected chi connectivity index (χ1v) is 7.61. The number of para-hydroxylation sites is 1. The van der Waals surface area contributed by atoms with E-state index in [1.165, 1.54) is 0 Å². The Hall–Kier alpha value is -1.30. The maximum atomic E-state index is 12.4. The van der Waals surface area contributed by atoms with Gasteiger partial charge in [-0.25, -0.2) is 0 Å². The van der Waals surface area contributed by atoms with Gasteiger partial charge in [0, 0.05) is 20.2 Å². The minimum atomic E-state index is -0.401. The van der Waals surface area contributed by atoms with E-state index in [4.69, 9.17) is 25.8 Å². The summed E-state index contributed by atoms with van der Waals surface area (Å²) in [4.78, 5) is 14.1. The standard InChI is InChI=1S/C16H22ClNO4/c1-16(2)11-18(8-12(22-16)9-20-3)15(19)10-21-14-7-5-4-6-13(14)17/h4-7,12H,8-11H2,1-3H3/t12-/m1/s1. The van der Waals surface area contributed by atoms with E-state index in [2.05, 4.69) is 0 Å². The van der Waals surface area contributed by atoms with Crippen molar-refractivity contribution in [1.82, 2.24) is 4.90 Å². The number of halogens is 1. The lowest BCUT2D eigenvalue weighted by atomic mass is 10.1. The number of amides is 1. The molecule has 1 atom stereocenters. The molecule has 1 amide bonds. The predicted octanol–water partition coefficient (Wildman–Crippen LogP) is 2.37. The molecule has 0 spiro atoms. The number of ether oxygens (including phenoxy) is 3. The normalized spacial score (nSPS) is 20.7. The van der Waals surface area contributed by atoms with E-state index in [9.17, 15) is 4.79 Å². The third kappa shape index (κ3) is 4.60. The number of methoxy groups -OCH3 is 1. The second-order valence-corrected chi connectivity index (χ2v) is 6.36. The minimum Gasteiger partial charge on any atom is -0.482 e. The molecule has 122 valence electrons. The van der Waals surface area contributed by atoms with Gasteiger partial charge in [0.2, 0.25) is 0 Å². The molecule has 0 saturated carbocycles. The highest BCUT2D eigenvalue weighted by atomic mass is 35.5. The molecular weight excluding hydrogens is 306 g/mol. The van der Waals surface area contributed by atoms with Crippen molar-refractivity contribution in [3.8, 4) is 5.75 Å². The Balaban J connectivity index is 1.95. The predicted molar refractivity (Wildman–Crippen MR) is 84.4 cm³/mol. The molecule has 1 aromatic rings. The second kappa shape index (κ2) is 7.31. The van der Waals surface area contributed by atoms with Crippen molar-refractivity contribution in [1.29, 1.82) is 0 Å². The third-order valence-corrected chi connectivity index (χ3v) is 3.69. The van der Waals surface area contributed by atoms with Gasteiger partial charge < -0.3 is 19.1 Å². The summed E-state index contributed by atoms with van der Waals surface area (Å²) in [6, 6.07) is 7.11. The van der Waals surface area contributed by atoms with Crippen LogP contribution in [0, 0.1) is 0 Å². The first-order chi connectivity index (χ1) is 10.4. The zero-order chi connectivity index (χ0) is 16.2. The molecule has 6 heteroatoms. The minimum absolute atomic E-state index is 0.0421. The smallest absolute Gasteiger partial charge is 0.260 e. The molecule has 2 rings (SSSR count). The van der Waals surface area contributed by atoms with Crippen LogP contribution in [0.3, 0.4) is 0 Å². The Morgan fingerprint density at radius 1 is 1.45 bits per heavy atom. The quantitative estimate of drug-likeness (QED) is 0.833. The number of nitrogens with zero attached hydrogens (tertiary/aromatic N) is 1. The highest BCUT2D eigenvalue weighted by Gasteiger charge is 2.35. The van der Waals surface area contributed by atoms with Crippen LogP contribution in [-0.4, -0.2) is 55.9 Å². The van der Waals surface area contributed by atoms with Gasteiger partial charge in [-0.05, 0) is 26.0 Å². The third-order valence-electron chi connectivity index (χ3n) is 3.37. The van der Waals surface area contributed by atoms with Crippen LogP contribution < -0.4 is 4.74 Å². The van der Waals surface area contributed by atoms with Gasteiger partial charge in [0.1, 0.15) is 5.75 Å². The molecule has 1 aliphatic rings. The first-order valence-electron chi connectivity index (χ1n) is 7.23. The first kappa shape index (κ1) is 17.1. The van der Waals surface area contributed by atoms with E-state index in [0.717, 1.165) is 0 Å². The van der Waals surface area contributed by atoms with E-state index in [1.807, 2.05) is 26.0 Å². The largest absolute Gasteiger partial charge is 0.482 e. The van der Waals surface area contributed by atoms with E-state index >= 15 is 0 Å². The van der Waals surface area contributed by atoms with Gasteiger partial charge in [0.25, 0.3) is 5.91 Å². The van der Waals surface area contributed by atoms with Crippen LogP contribution in [0.2, 0.25) is 5.02 Å². The van der Waals surface area contributed by atoms with Crippen LogP contribution in [0.5, 0.6) is 5.75 Å². The number of benzene rings is 1. The molecule has 22 heavy (non-hydrogen) atoms. The van der Waals surface area contributed by atoms with Crippen molar-refractivity contribution < 1.29 is 19.0 Å². The van der Waals surface area contributed by atoms with E-state index in [0.29, 0.717) is 30.5 Å². The summed E-state index contributed by atoms with van der Waals surface area (Å²) in [5, 5.41) is 0.495. The number of hydrogen-bond acceptors (Lipinski definition) is 4. The second-order valence-electron chi connectivity index (χ2n) is 5.95. The van der Waals surface area contributed by atoms with Crippen molar-refractivity contribution in [2.45, 2.75) is 25.6 Å². The number of hydrogen-bond donors (Lipinski definition) is 0. The molecule has 5 nitrogen and oxygen atoms in total. The lowest BCUT2D eigenvalue weighted by Gasteiger charge is -2.42. The van der Waals surface area contributed by atoms with Gasteiger partial charge in [-0.15, -0.1) is 0 Å². The van der Waals surface area contributed by atoms with E-state index < -0.39 is 5.60 Å². The number of carbonyl (C=O) groups is 1. The van der Waals surface area contributed by atoms with Gasteiger partial charge in [-0.3, -0.25) is 4.79 Å². The summed E-state index contributed by atoms with van der Waals surface area (Å²) in [5.41, 5.74) is -0.401. The van der Waals surface area contributed by atoms with Crippen molar-refractivity contribution in [3.63, 3.8) is 0 Å². The Morgan fingerprint density at radius 3 is 2.86 bits per heavy atom. The molecule has 1 aromatic carbocycles. The van der Waals surface area contributed by atoms with Crippen LogP contribution in [0.1, 0.15) is 13.8 Å². The van der Waals surface area contributed by atoms with Crippen molar-refractivity contribution in [3.05, 3.63) is 29.3 Å². The Bertz CT molecular complexity index is 521. The summed E-state index contributed by atoms with van der Waals surface area (Å²) in [6.45, 7) is 5.37. The SMILES string of the molecule is COC[C@H]1CN(C(=O)COc2ccccc2Cl)CC(C)(C)O1. The Morgan fingerprint density at radius 2 is 2.18 bits per heavy atom. The number of carbonyl (C=O) groups excluding carboxylic acids is 1. The molecule has 1 fully saturated rings. The fraction of sp³-hybridized carbons (Fsp3) is 0.562. The van der Waals surface area contributed by atoms with Gasteiger partial charge in [-0.1, -0.05) is 23.7 Å². The van der Waals surface area contributed by atoms with Crippen molar-refractivity contribution in [2.75, 3.05) is 33.4 Å². The summed E-state index contributed by atoms with van der Waals surface area (Å²) in [6.07, 6.45) is -0.127. The summed E-state index contributed by atoms with van der Waals surface area (Å²) < 4.78 is 16.6. The maximum Gasteiger partial charge on any atom is 0.260 e. The molecule has 0 N–H and O–H groups in total. The number of rotatable bonds is 5. The van der Waals surface area contributed by atoms with Gasteiger partial charge in [0.15, 0.2) is 6.61 Å². The highest BCUT2D eigenvalue weighted by Crippen LogP contribution is 2.24. The molecule has 1 aliphatic heterocycles. The van der Waals surface area contributed by atoms with Crippen LogP contribution in [0.25, 0.3) is 0 Å². The number of morpholine rings is 1. The van der Waals surface area contributed by atoms with Crippen LogP contribution in [0.15, 0.2) is 24.3 Å². The zero-order valence-electron chi connectivity index (χ0n) is 13.2. The molecule has 0 unspecified atom stereocenters. The van der Waals surface area contributed by atoms with Crippen LogP contribution in [-0.2, 0) is 14.3 Å². The molecule has 0 radical (unpaired) electrons. The maximum absolute atomic E-state index is 12.4. The van der Waals surface area contributed by atoms with Crippen LogP contribution >= 0.6 is 11.6 Å². The van der Waals surface area contributed by atoms with E-state index in [-0.39, 0.29) is 18.6 Å². The van der Waals surface area contributed by atoms with E-state index in [1.54, 1.807) is 24.1 Å². The molecule has 0 aromatic heterocycles. The highest BCUT2D eigenvalue weighted by molar-refractivity contribution is 6.32. The summed E-state index contributed by atoms with van der Waals surface area (Å²) in [7, 11) is 1.62. The monoisotopic (exact) mass is 327 g/mol. The average Bonchev–Trinajstić information content (AvgIpc) is 2.45. The van der Waals surface area contributed by atoms with Crippen molar-refractivity contribution >= 4 is 17.5 Å². The lowest BCUT2D eigenvalue weighted by Crippen LogP contribution is -2.56.